The minimum atomic E-state index is -1.00. The van der Waals surface area contributed by atoms with E-state index in [1.807, 2.05) is 0 Å². The molecule has 3 N–H and O–H groups in total. The Kier molecular flexibility index (Phi) is 4.37. The molecular formula is C12H22N2O3. The van der Waals surface area contributed by atoms with Crippen molar-refractivity contribution in [1.82, 2.24) is 10.6 Å². The molecule has 0 aliphatic heterocycles. The predicted octanol–water partition coefficient (Wildman–Crippen LogP) is 1.73. The van der Waals surface area contributed by atoms with Crippen LogP contribution in [-0.4, -0.2) is 29.2 Å². The summed E-state index contributed by atoms with van der Waals surface area (Å²) >= 11 is 0. The van der Waals surface area contributed by atoms with Crippen LogP contribution in [-0.2, 0) is 4.79 Å². The fraction of sp³-hybridized carbons (Fsp3) is 0.833. The molecule has 98 valence electrons. The van der Waals surface area contributed by atoms with Gasteiger partial charge >= 0.3 is 12.0 Å². The fourth-order valence-electron chi connectivity index (χ4n) is 2.08. The van der Waals surface area contributed by atoms with Crippen molar-refractivity contribution in [2.45, 2.75) is 58.5 Å². The minimum Gasteiger partial charge on any atom is -0.480 e. The van der Waals surface area contributed by atoms with Gasteiger partial charge in [-0.2, -0.15) is 0 Å². The number of hydrogen-bond acceptors (Lipinski definition) is 2. The average molecular weight is 242 g/mol. The van der Waals surface area contributed by atoms with Crippen LogP contribution in [0.1, 0.15) is 46.5 Å². The van der Waals surface area contributed by atoms with Crippen LogP contribution in [0.2, 0.25) is 0 Å². The number of aliphatic carboxylic acids is 1. The van der Waals surface area contributed by atoms with Gasteiger partial charge < -0.3 is 15.7 Å². The highest BCUT2D eigenvalue weighted by Gasteiger charge is 2.33. The van der Waals surface area contributed by atoms with Gasteiger partial charge in [0.15, 0.2) is 0 Å². The molecule has 0 radical (unpaired) electrons. The largest absolute Gasteiger partial charge is 0.480 e. The molecule has 1 fully saturated rings. The van der Waals surface area contributed by atoms with Crippen molar-refractivity contribution >= 4 is 12.0 Å². The van der Waals surface area contributed by atoms with Gasteiger partial charge in [0.05, 0.1) is 0 Å². The first kappa shape index (κ1) is 13.8. The molecule has 0 bridgehead atoms. The molecule has 1 rings (SSSR count). The lowest BCUT2D eigenvalue weighted by Crippen LogP contribution is -2.53. The first-order chi connectivity index (χ1) is 7.80. The third-order valence-corrected chi connectivity index (χ3v) is 3.08. The monoisotopic (exact) mass is 242 g/mol. The van der Waals surface area contributed by atoms with Crippen molar-refractivity contribution in [1.29, 1.82) is 0 Å². The topological polar surface area (TPSA) is 78.4 Å². The van der Waals surface area contributed by atoms with Gasteiger partial charge in [-0.15, -0.1) is 0 Å². The number of carbonyl (C=O) groups is 2. The summed E-state index contributed by atoms with van der Waals surface area (Å²) in [5.41, 5.74) is -0.501. The summed E-state index contributed by atoms with van der Waals surface area (Å²) in [6.07, 6.45) is 4.24. The maximum Gasteiger partial charge on any atom is 0.326 e. The number of hydrogen-bond donors (Lipinski definition) is 3. The summed E-state index contributed by atoms with van der Waals surface area (Å²) < 4.78 is 0. The standard InChI is InChI=1S/C12H22N2O3/c1-12(2,3)9(10(15)16)14-11(17)13-8-6-4-5-7-8/h8-9H,4-7H2,1-3H3,(H,15,16)(H2,13,14,17)/t9-/m0/s1. The Morgan fingerprint density at radius 2 is 1.76 bits per heavy atom. The van der Waals surface area contributed by atoms with E-state index in [0.29, 0.717) is 0 Å². The highest BCUT2D eigenvalue weighted by molar-refractivity contribution is 5.83. The van der Waals surface area contributed by atoms with E-state index in [2.05, 4.69) is 10.6 Å². The first-order valence-corrected chi connectivity index (χ1v) is 6.10. The molecule has 5 nitrogen and oxygen atoms in total. The van der Waals surface area contributed by atoms with Crippen LogP contribution in [0, 0.1) is 5.41 Å². The van der Waals surface area contributed by atoms with E-state index < -0.39 is 17.4 Å². The molecule has 17 heavy (non-hydrogen) atoms. The molecule has 0 saturated heterocycles. The highest BCUT2D eigenvalue weighted by atomic mass is 16.4. The van der Waals surface area contributed by atoms with E-state index >= 15 is 0 Å². The van der Waals surface area contributed by atoms with Gasteiger partial charge in [0.2, 0.25) is 0 Å². The lowest BCUT2D eigenvalue weighted by Gasteiger charge is -2.28. The van der Waals surface area contributed by atoms with Gasteiger partial charge in [-0.05, 0) is 18.3 Å². The second-order valence-electron chi connectivity index (χ2n) is 5.74. The molecule has 0 aromatic rings. The Labute approximate surface area is 102 Å². The van der Waals surface area contributed by atoms with Gasteiger partial charge in [-0.25, -0.2) is 9.59 Å². The quantitative estimate of drug-likeness (QED) is 0.705. The molecule has 0 spiro atoms. The Bertz CT molecular complexity index is 291. The zero-order chi connectivity index (χ0) is 13.1. The van der Waals surface area contributed by atoms with Crippen LogP contribution < -0.4 is 10.6 Å². The van der Waals surface area contributed by atoms with Crippen molar-refractivity contribution in [2.75, 3.05) is 0 Å². The molecule has 1 atom stereocenters. The number of rotatable bonds is 3. The maximum absolute atomic E-state index is 11.7. The molecule has 2 amide bonds. The summed E-state index contributed by atoms with van der Waals surface area (Å²) in [5.74, 6) is -1.00. The second-order valence-corrected chi connectivity index (χ2v) is 5.74. The van der Waals surface area contributed by atoms with Crippen LogP contribution in [0.25, 0.3) is 0 Å². The third kappa shape index (κ3) is 4.24. The number of carboxylic acids is 1. The van der Waals surface area contributed by atoms with E-state index in [1.165, 1.54) is 0 Å². The second kappa shape index (κ2) is 5.38. The molecule has 0 unspecified atom stereocenters. The summed E-state index contributed by atoms with van der Waals surface area (Å²) in [5, 5.41) is 14.4. The van der Waals surface area contributed by atoms with Crippen LogP contribution in [0.5, 0.6) is 0 Å². The first-order valence-electron chi connectivity index (χ1n) is 6.10. The Morgan fingerprint density at radius 1 is 1.24 bits per heavy atom. The molecule has 1 saturated carbocycles. The van der Waals surface area contributed by atoms with Gasteiger partial charge in [0.25, 0.3) is 0 Å². The van der Waals surface area contributed by atoms with Gasteiger partial charge in [0.1, 0.15) is 6.04 Å². The fourth-order valence-corrected chi connectivity index (χ4v) is 2.08. The van der Waals surface area contributed by atoms with Crippen molar-refractivity contribution in [3.05, 3.63) is 0 Å². The maximum atomic E-state index is 11.7. The summed E-state index contributed by atoms with van der Waals surface area (Å²) in [4.78, 5) is 22.8. The molecular weight excluding hydrogens is 220 g/mol. The smallest absolute Gasteiger partial charge is 0.326 e. The molecule has 1 aliphatic rings. The Balaban J connectivity index is 2.49. The lowest BCUT2D eigenvalue weighted by molar-refractivity contribution is -0.141. The third-order valence-electron chi connectivity index (χ3n) is 3.08. The molecule has 0 aromatic heterocycles. The van der Waals surface area contributed by atoms with Crippen LogP contribution in [0.4, 0.5) is 4.79 Å². The average Bonchev–Trinajstić information content (AvgIpc) is 2.64. The molecule has 1 aliphatic carbocycles. The van der Waals surface area contributed by atoms with Gasteiger partial charge in [-0.1, -0.05) is 33.6 Å². The minimum absolute atomic E-state index is 0.199. The molecule has 0 aromatic carbocycles. The number of carbonyl (C=O) groups excluding carboxylic acids is 1. The zero-order valence-electron chi connectivity index (χ0n) is 10.7. The Morgan fingerprint density at radius 3 is 2.18 bits per heavy atom. The summed E-state index contributed by atoms with van der Waals surface area (Å²) in [6.45, 7) is 5.38. The van der Waals surface area contributed by atoms with Crippen molar-refractivity contribution in [3.63, 3.8) is 0 Å². The molecule has 5 heteroatoms. The van der Waals surface area contributed by atoms with E-state index in [-0.39, 0.29) is 12.1 Å². The van der Waals surface area contributed by atoms with Crippen LogP contribution in [0.3, 0.4) is 0 Å². The number of urea groups is 1. The SMILES string of the molecule is CC(C)(C)[C@@H](NC(=O)NC1CCCC1)C(=O)O. The van der Waals surface area contributed by atoms with Crippen molar-refractivity contribution < 1.29 is 14.7 Å². The van der Waals surface area contributed by atoms with Crippen molar-refractivity contribution in [2.24, 2.45) is 5.41 Å². The normalized spacial score (nSPS) is 18.8. The zero-order valence-corrected chi connectivity index (χ0v) is 10.7. The number of nitrogens with one attached hydrogen (secondary N) is 2. The highest BCUT2D eigenvalue weighted by Crippen LogP contribution is 2.20. The van der Waals surface area contributed by atoms with E-state index in [0.717, 1.165) is 25.7 Å². The summed E-state index contributed by atoms with van der Waals surface area (Å²) in [6, 6.07) is -1.05. The van der Waals surface area contributed by atoms with E-state index in [4.69, 9.17) is 5.11 Å². The van der Waals surface area contributed by atoms with Gasteiger partial charge in [0, 0.05) is 6.04 Å². The number of amides is 2. The molecule has 0 heterocycles. The van der Waals surface area contributed by atoms with E-state index in [1.54, 1.807) is 20.8 Å². The Hall–Kier alpha value is -1.26. The summed E-state index contributed by atoms with van der Waals surface area (Å²) in [7, 11) is 0. The van der Waals surface area contributed by atoms with Crippen LogP contribution >= 0.6 is 0 Å². The van der Waals surface area contributed by atoms with Crippen LogP contribution in [0.15, 0.2) is 0 Å². The van der Waals surface area contributed by atoms with Gasteiger partial charge in [-0.3, -0.25) is 0 Å². The predicted molar refractivity (Wildman–Crippen MR) is 64.8 cm³/mol. The number of carboxylic acid groups (broad SMARTS) is 1. The van der Waals surface area contributed by atoms with Crippen molar-refractivity contribution in [3.8, 4) is 0 Å². The lowest BCUT2D eigenvalue weighted by atomic mass is 9.87. The van der Waals surface area contributed by atoms with E-state index in [9.17, 15) is 9.59 Å².